The van der Waals surface area contributed by atoms with Gasteiger partial charge in [-0.05, 0) is 25.0 Å². The lowest BCUT2D eigenvalue weighted by molar-refractivity contribution is 0.466. The number of rotatable bonds is 5. The number of nitrogens with one attached hydrogen (secondary N) is 1. The molecule has 0 saturated heterocycles. The standard InChI is InChI=1S/C14H20N4O2S/c1-10-14(11(2)17-16-10)21(19,20)18(3)9-13-6-4-12(8-15)5-7-13/h4-7H,8-9,15H2,1-3H3,(H,16,17). The van der Waals surface area contributed by atoms with Crippen LogP contribution >= 0.6 is 0 Å². The fourth-order valence-corrected chi connectivity index (χ4v) is 3.68. The molecule has 6 nitrogen and oxygen atoms in total. The van der Waals surface area contributed by atoms with Gasteiger partial charge in [0.2, 0.25) is 10.0 Å². The second-order valence-electron chi connectivity index (χ2n) is 5.04. The smallest absolute Gasteiger partial charge is 0.246 e. The lowest BCUT2D eigenvalue weighted by atomic mass is 10.1. The average molecular weight is 308 g/mol. The van der Waals surface area contributed by atoms with E-state index in [9.17, 15) is 8.42 Å². The second-order valence-corrected chi connectivity index (χ2v) is 7.03. The van der Waals surface area contributed by atoms with Crippen LogP contribution in [-0.4, -0.2) is 30.0 Å². The number of H-pyrrole nitrogens is 1. The Morgan fingerprint density at radius 1 is 1.19 bits per heavy atom. The van der Waals surface area contributed by atoms with E-state index >= 15 is 0 Å². The van der Waals surface area contributed by atoms with Gasteiger partial charge in [0.25, 0.3) is 0 Å². The number of aromatic amines is 1. The second kappa shape index (κ2) is 5.97. The molecule has 1 aromatic heterocycles. The topological polar surface area (TPSA) is 92.1 Å². The van der Waals surface area contributed by atoms with Crippen molar-refractivity contribution in [3.63, 3.8) is 0 Å². The Bertz CT molecular complexity index is 700. The highest BCUT2D eigenvalue weighted by atomic mass is 32.2. The van der Waals surface area contributed by atoms with E-state index in [1.165, 1.54) is 4.31 Å². The van der Waals surface area contributed by atoms with Gasteiger partial charge in [0.15, 0.2) is 0 Å². The van der Waals surface area contributed by atoms with Crippen LogP contribution in [0.15, 0.2) is 29.2 Å². The van der Waals surface area contributed by atoms with Crippen LogP contribution in [0.4, 0.5) is 0 Å². The number of hydrogen-bond acceptors (Lipinski definition) is 4. The molecule has 0 amide bonds. The summed E-state index contributed by atoms with van der Waals surface area (Å²) in [7, 11) is -1.99. The summed E-state index contributed by atoms with van der Waals surface area (Å²) < 4.78 is 26.5. The molecule has 0 aliphatic carbocycles. The van der Waals surface area contributed by atoms with Gasteiger partial charge in [0, 0.05) is 20.1 Å². The van der Waals surface area contributed by atoms with E-state index in [0.29, 0.717) is 24.5 Å². The van der Waals surface area contributed by atoms with Crippen LogP contribution in [-0.2, 0) is 23.1 Å². The molecule has 114 valence electrons. The normalized spacial score (nSPS) is 12.0. The molecule has 0 unspecified atom stereocenters. The van der Waals surface area contributed by atoms with Crippen molar-refractivity contribution in [3.05, 3.63) is 46.8 Å². The molecule has 0 aliphatic rings. The molecule has 0 saturated carbocycles. The summed E-state index contributed by atoms with van der Waals surface area (Å²) in [6.07, 6.45) is 0. The van der Waals surface area contributed by atoms with E-state index in [2.05, 4.69) is 10.2 Å². The van der Waals surface area contributed by atoms with Crippen molar-refractivity contribution in [1.29, 1.82) is 0 Å². The number of aromatic nitrogens is 2. The van der Waals surface area contributed by atoms with Crippen molar-refractivity contribution in [2.24, 2.45) is 5.73 Å². The Hall–Kier alpha value is -1.70. The number of hydrogen-bond donors (Lipinski definition) is 2. The van der Waals surface area contributed by atoms with E-state index in [4.69, 9.17) is 5.73 Å². The molecule has 3 N–H and O–H groups in total. The first-order valence-electron chi connectivity index (χ1n) is 6.62. The SMILES string of the molecule is Cc1n[nH]c(C)c1S(=O)(=O)N(C)Cc1ccc(CN)cc1. The Morgan fingerprint density at radius 2 is 1.76 bits per heavy atom. The molecule has 1 heterocycles. The van der Waals surface area contributed by atoms with Gasteiger partial charge in [-0.1, -0.05) is 24.3 Å². The molecule has 0 fully saturated rings. The van der Waals surface area contributed by atoms with Crippen LogP contribution in [0.5, 0.6) is 0 Å². The molecular formula is C14H20N4O2S. The minimum atomic E-state index is -3.56. The highest BCUT2D eigenvalue weighted by molar-refractivity contribution is 7.89. The predicted molar refractivity (Wildman–Crippen MR) is 81.0 cm³/mol. The number of sulfonamides is 1. The van der Waals surface area contributed by atoms with Crippen molar-refractivity contribution in [2.45, 2.75) is 31.8 Å². The Labute approximate surface area is 125 Å². The van der Waals surface area contributed by atoms with Crippen molar-refractivity contribution in [3.8, 4) is 0 Å². The summed E-state index contributed by atoms with van der Waals surface area (Å²) in [5, 5.41) is 6.66. The molecule has 0 bridgehead atoms. The third-order valence-electron chi connectivity index (χ3n) is 3.39. The number of nitrogens with two attached hydrogens (primary N) is 1. The molecule has 2 aromatic rings. The van der Waals surface area contributed by atoms with Crippen molar-refractivity contribution >= 4 is 10.0 Å². The molecule has 0 radical (unpaired) electrons. The maximum absolute atomic E-state index is 12.6. The number of aryl methyl sites for hydroxylation is 2. The molecule has 1 aromatic carbocycles. The number of nitrogens with zero attached hydrogens (tertiary/aromatic N) is 2. The summed E-state index contributed by atoms with van der Waals surface area (Å²) in [5.74, 6) is 0. The largest absolute Gasteiger partial charge is 0.326 e. The molecule has 0 aliphatic heterocycles. The maximum atomic E-state index is 12.6. The monoisotopic (exact) mass is 308 g/mol. The molecule has 7 heteroatoms. The fourth-order valence-electron chi connectivity index (χ4n) is 2.20. The van der Waals surface area contributed by atoms with E-state index < -0.39 is 10.0 Å². The van der Waals surface area contributed by atoms with Crippen LogP contribution < -0.4 is 5.73 Å². The van der Waals surface area contributed by atoms with Crippen LogP contribution in [0.3, 0.4) is 0 Å². The highest BCUT2D eigenvalue weighted by Crippen LogP contribution is 2.22. The van der Waals surface area contributed by atoms with Crippen molar-refractivity contribution in [1.82, 2.24) is 14.5 Å². The Balaban J connectivity index is 2.24. The molecule has 2 rings (SSSR count). The molecule has 0 atom stereocenters. The number of benzene rings is 1. The van der Waals surface area contributed by atoms with Gasteiger partial charge in [-0.3, -0.25) is 5.10 Å². The highest BCUT2D eigenvalue weighted by Gasteiger charge is 2.26. The summed E-state index contributed by atoms with van der Waals surface area (Å²) >= 11 is 0. The van der Waals surface area contributed by atoms with Gasteiger partial charge in [0.1, 0.15) is 4.90 Å². The van der Waals surface area contributed by atoms with Gasteiger partial charge >= 0.3 is 0 Å². The van der Waals surface area contributed by atoms with E-state index in [1.54, 1.807) is 20.9 Å². The van der Waals surface area contributed by atoms with Gasteiger partial charge in [-0.2, -0.15) is 9.40 Å². The van der Waals surface area contributed by atoms with Gasteiger partial charge in [-0.15, -0.1) is 0 Å². The van der Waals surface area contributed by atoms with Crippen molar-refractivity contribution < 1.29 is 8.42 Å². The van der Waals surface area contributed by atoms with Gasteiger partial charge < -0.3 is 5.73 Å². The third kappa shape index (κ3) is 3.15. The Kier molecular flexibility index (Phi) is 4.46. The zero-order valence-corrected chi connectivity index (χ0v) is 13.2. The molecular weight excluding hydrogens is 288 g/mol. The summed E-state index contributed by atoms with van der Waals surface area (Å²) in [6, 6.07) is 7.60. The summed E-state index contributed by atoms with van der Waals surface area (Å²) in [4.78, 5) is 0.253. The zero-order valence-electron chi connectivity index (χ0n) is 12.4. The lowest BCUT2D eigenvalue weighted by Gasteiger charge is -2.17. The zero-order chi connectivity index (χ0) is 15.6. The average Bonchev–Trinajstić information content (AvgIpc) is 2.79. The van der Waals surface area contributed by atoms with E-state index in [-0.39, 0.29) is 4.90 Å². The first-order valence-corrected chi connectivity index (χ1v) is 8.06. The minimum Gasteiger partial charge on any atom is -0.326 e. The third-order valence-corrected chi connectivity index (χ3v) is 5.46. The summed E-state index contributed by atoms with van der Waals surface area (Å²) in [5.41, 5.74) is 8.52. The minimum absolute atomic E-state index is 0.253. The van der Waals surface area contributed by atoms with Gasteiger partial charge in [0.05, 0.1) is 11.4 Å². The van der Waals surface area contributed by atoms with Gasteiger partial charge in [-0.25, -0.2) is 8.42 Å². The van der Waals surface area contributed by atoms with Crippen LogP contribution in [0.1, 0.15) is 22.5 Å². The van der Waals surface area contributed by atoms with E-state index in [0.717, 1.165) is 11.1 Å². The lowest BCUT2D eigenvalue weighted by Crippen LogP contribution is -2.27. The van der Waals surface area contributed by atoms with Crippen molar-refractivity contribution in [2.75, 3.05) is 7.05 Å². The molecule has 21 heavy (non-hydrogen) atoms. The quantitative estimate of drug-likeness (QED) is 0.871. The molecule has 0 spiro atoms. The maximum Gasteiger partial charge on any atom is 0.246 e. The van der Waals surface area contributed by atoms with E-state index in [1.807, 2.05) is 24.3 Å². The fraction of sp³-hybridized carbons (Fsp3) is 0.357. The Morgan fingerprint density at radius 3 is 2.24 bits per heavy atom. The summed E-state index contributed by atoms with van der Waals surface area (Å²) in [6.45, 7) is 4.16. The predicted octanol–water partition coefficient (Wildman–Crippen LogP) is 1.31. The van der Waals surface area contributed by atoms with Crippen LogP contribution in [0, 0.1) is 13.8 Å². The van der Waals surface area contributed by atoms with Crippen LogP contribution in [0.2, 0.25) is 0 Å². The first-order chi connectivity index (χ1) is 9.86. The van der Waals surface area contributed by atoms with Crippen LogP contribution in [0.25, 0.3) is 0 Å². The first kappa shape index (κ1) is 15.7.